The van der Waals surface area contributed by atoms with Gasteiger partial charge in [-0.25, -0.2) is 0 Å². The molecule has 2 aliphatic rings. The van der Waals surface area contributed by atoms with E-state index in [-0.39, 0.29) is 5.54 Å². The van der Waals surface area contributed by atoms with Gasteiger partial charge in [-0.1, -0.05) is 0 Å². The molecule has 4 heteroatoms. The lowest BCUT2D eigenvalue weighted by Gasteiger charge is -2.16. The van der Waals surface area contributed by atoms with Gasteiger partial charge in [0.2, 0.25) is 0 Å². The summed E-state index contributed by atoms with van der Waals surface area (Å²) in [4.78, 5) is 0. The highest BCUT2D eigenvalue weighted by Gasteiger charge is 2.43. The normalized spacial score (nSPS) is 29.4. The number of aromatic nitrogens is 2. The van der Waals surface area contributed by atoms with Crippen LogP contribution in [0.2, 0.25) is 0 Å². The third-order valence-electron chi connectivity index (χ3n) is 3.22. The molecule has 2 fully saturated rings. The maximum Gasteiger partial charge on any atom is 0.0778 e. The van der Waals surface area contributed by atoms with Crippen molar-refractivity contribution in [3.8, 4) is 0 Å². The molecule has 76 valence electrons. The molecule has 1 aliphatic heterocycles. The fourth-order valence-electron chi connectivity index (χ4n) is 2.11. The molecule has 1 aromatic rings. The lowest BCUT2D eigenvalue weighted by Crippen LogP contribution is -2.26. The molecule has 0 radical (unpaired) electrons. The van der Waals surface area contributed by atoms with Crippen LogP contribution >= 0.6 is 0 Å². The summed E-state index contributed by atoms with van der Waals surface area (Å²) in [6.07, 6.45) is 5.09. The fraction of sp³-hybridized carbons (Fsp3) is 0.700. The van der Waals surface area contributed by atoms with Crippen LogP contribution < -0.4 is 5.73 Å². The second-order valence-electron chi connectivity index (χ2n) is 4.33. The Bertz CT molecular complexity index is 337. The smallest absolute Gasteiger partial charge is 0.0778 e. The molecule has 1 unspecified atom stereocenters. The predicted octanol–water partition coefficient (Wildman–Crippen LogP) is 0.792. The monoisotopic (exact) mass is 193 g/mol. The zero-order chi connectivity index (χ0) is 9.60. The molecule has 3 rings (SSSR count). The van der Waals surface area contributed by atoms with Gasteiger partial charge < -0.3 is 10.5 Å². The Morgan fingerprint density at radius 1 is 1.57 bits per heavy atom. The SMILES string of the molecule is NC1(c2ccnn2C2CCOC2)CC1. The number of nitrogens with two attached hydrogens (primary N) is 1. The number of nitrogens with zero attached hydrogens (tertiary/aromatic N) is 2. The van der Waals surface area contributed by atoms with Crippen molar-refractivity contribution in [2.24, 2.45) is 5.73 Å². The zero-order valence-corrected chi connectivity index (χ0v) is 8.15. The van der Waals surface area contributed by atoms with Gasteiger partial charge in [-0.3, -0.25) is 4.68 Å². The molecule has 2 N–H and O–H groups in total. The van der Waals surface area contributed by atoms with Crippen molar-refractivity contribution in [1.29, 1.82) is 0 Å². The topological polar surface area (TPSA) is 53.1 Å². The molecule has 0 amide bonds. The second-order valence-corrected chi connectivity index (χ2v) is 4.33. The molecule has 4 nitrogen and oxygen atoms in total. The van der Waals surface area contributed by atoms with Crippen molar-refractivity contribution in [2.45, 2.75) is 30.8 Å². The Balaban J connectivity index is 1.93. The minimum absolute atomic E-state index is 0.0842. The number of hydrogen-bond acceptors (Lipinski definition) is 3. The summed E-state index contributed by atoms with van der Waals surface area (Å²) in [6.45, 7) is 1.63. The fourth-order valence-corrected chi connectivity index (χ4v) is 2.11. The van der Waals surface area contributed by atoms with Gasteiger partial charge in [-0.05, 0) is 25.3 Å². The maximum atomic E-state index is 6.18. The Morgan fingerprint density at radius 2 is 2.43 bits per heavy atom. The average Bonchev–Trinajstić information content (AvgIpc) is 2.73. The van der Waals surface area contributed by atoms with Crippen LogP contribution in [-0.4, -0.2) is 23.0 Å². The van der Waals surface area contributed by atoms with Crippen molar-refractivity contribution in [2.75, 3.05) is 13.2 Å². The van der Waals surface area contributed by atoms with E-state index >= 15 is 0 Å². The molecule has 0 spiro atoms. The lowest BCUT2D eigenvalue weighted by molar-refractivity contribution is 0.183. The van der Waals surface area contributed by atoms with Gasteiger partial charge in [0.05, 0.1) is 23.9 Å². The largest absolute Gasteiger partial charge is 0.379 e. The van der Waals surface area contributed by atoms with E-state index in [9.17, 15) is 0 Å². The number of ether oxygens (including phenoxy) is 1. The standard InChI is InChI=1S/C10H15N3O/c11-10(3-4-10)9-1-5-12-13(9)8-2-6-14-7-8/h1,5,8H,2-4,6-7,11H2. The Hall–Kier alpha value is -0.870. The van der Waals surface area contributed by atoms with Crippen LogP contribution in [0.5, 0.6) is 0 Å². The molecule has 1 aromatic heterocycles. The Kier molecular flexibility index (Phi) is 1.69. The summed E-state index contributed by atoms with van der Waals surface area (Å²) >= 11 is 0. The van der Waals surface area contributed by atoms with Gasteiger partial charge in [0.15, 0.2) is 0 Å². The van der Waals surface area contributed by atoms with Crippen molar-refractivity contribution in [3.05, 3.63) is 18.0 Å². The molecule has 14 heavy (non-hydrogen) atoms. The molecule has 0 bridgehead atoms. The first-order chi connectivity index (χ1) is 6.80. The maximum absolute atomic E-state index is 6.18. The summed E-state index contributed by atoms with van der Waals surface area (Å²) in [5.74, 6) is 0. The summed E-state index contributed by atoms with van der Waals surface area (Å²) in [5, 5.41) is 4.36. The molecule has 1 saturated heterocycles. The molecule has 1 atom stereocenters. The minimum atomic E-state index is -0.0842. The third kappa shape index (κ3) is 1.18. The van der Waals surface area contributed by atoms with Crippen LogP contribution in [0.4, 0.5) is 0 Å². The summed E-state index contributed by atoms with van der Waals surface area (Å²) in [7, 11) is 0. The quantitative estimate of drug-likeness (QED) is 0.755. The number of hydrogen-bond donors (Lipinski definition) is 1. The van der Waals surface area contributed by atoms with E-state index in [0.717, 1.165) is 32.5 Å². The molecular formula is C10H15N3O. The van der Waals surface area contributed by atoms with Gasteiger partial charge in [0.1, 0.15) is 0 Å². The average molecular weight is 193 g/mol. The number of rotatable bonds is 2. The summed E-state index contributed by atoms with van der Waals surface area (Å²) in [5.41, 5.74) is 7.28. The highest BCUT2D eigenvalue weighted by atomic mass is 16.5. The van der Waals surface area contributed by atoms with E-state index in [1.54, 1.807) is 0 Å². The van der Waals surface area contributed by atoms with E-state index < -0.39 is 0 Å². The van der Waals surface area contributed by atoms with E-state index in [0.29, 0.717) is 6.04 Å². The predicted molar refractivity (Wildman–Crippen MR) is 51.8 cm³/mol. The van der Waals surface area contributed by atoms with Gasteiger partial charge in [-0.15, -0.1) is 0 Å². The second kappa shape index (κ2) is 2.81. The van der Waals surface area contributed by atoms with Crippen molar-refractivity contribution in [3.63, 3.8) is 0 Å². The van der Waals surface area contributed by atoms with Crippen LogP contribution in [-0.2, 0) is 10.3 Å². The van der Waals surface area contributed by atoms with Crippen LogP contribution in [0.25, 0.3) is 0 Å². The van der Waals surface area contributed by atoms with Gasteiger partial charge >= 0.3 is 0 Å². The van der Waals surface area contributed by atoms with Crippen molar-refractivity contribution >= 4 is 0 Å². The van der Waals surface area contributed by atoms with Gasteiger partial charge in [0, 0.05) is 12.8 Å². The summed E-state index contributed by atoms with van der Waals surface area (Å²) in [6, 6.07) is 2.45. The molecule has 1 saturated carbocycles. The van der Waals surface area contributed by atoms with Crippen LogP contribution in [0, 0.1) is 0 Å². The first-order valence-corrected chi connectivity index (χ1v) is 5.20. The first-order valence-electron chi connectivity index (χ1n) is 5.20. The van der Waals surface area contributed by atoms with Crippen LogP contribution in [0.15, 0.2) is 12.3 Å². The Morgan fingerprint density at radius 3 is 3.07 bits per heavy atom. The van der Waals surface area contributed by atoms with Crippen molar-refractivity contribution < 1.29 is 4.74 Å². The van der Waals surface area contributed by atoms with E-state index in [4.69, 9.17) is 10.5 Å². The van der Waals surface area contributed by atoms with Gasteiger partial charge in [0.25, 0.3) is 0 Å². The third-order valence-corrected chi connectivity index (χ3v) is 3.22. The molecule has 0 aromatic carbocycles. The van der Waals surface area contributed by atoms with Crippen molar-refractivity contribution in [1.82, 2.24) is 9.78 Å². The zero-order valence-electron chi connectivity index (χ0n) is 8.15. The first kappa shape index (κ1) is 8.44. The minimum Gasteiger partial charge on any atom is -0.379 e. The van der Waals surface area contributed by atoms with E-state index in [1.807, 2.05) is 12.3 Å². The van der Waals surface area contributed by atoms with Gasteiger partial charge in [-0.2, -0.15) is 5.10 Å². The van der Waals surface area contributed by atoms with E-state index in [1.165, 1.54) is 5.69 Å². The lowest BCUT2D eigenvalue weighted by atomic mass is 10.1. The summed E-state index contributed by atoms with van der Waals surface area (Å²) < 4.78 is 7.44. The van der Waals surface area contributed by atoms with E-state index in [2.05, 4.69) is 9.78 Å². The molecular weight excluding hydrogens is 178 g/mol. The van der Waals surface area contributed by atoms with Crippen LogP contribution in [0.1, 0.15) is 31.0 Å². The van der Waals surface area contributed by atoms with Crippen LogP contribution in [0.3, 0.4) is 0 Å². The highest BCUT2D eigenvalue weighted by Crippen LogP contribution is 2.43. The molecule has 2 heterocycles. The molecule has 1 aliphatic carbocycles. The highest BCUT2D eigenvalue weighted by molar-refractivity contribution is 5.22. The Labute approximate surface area is 83.0 Å².